The highest BCUT2D eigenvalue weighted by molar-refractivity contribution is 7.21. The Morgan fingerprint density at radius 2 is 2.37 bits per heavy atom. The van der Waals surface area contributed by atoms with Gasteiger partial charge in [0.15, 0.2) is 0 Å². The molecule has 0 unspecified atom stereocenters. The molecule has 0 aliphatic carbocycles. The quantitative estimate of drug-likeness (QED) is 0.813. The van der Waals surface area contributed by atoms with Crippen molar-refractivity contribution in [2.75, 3.05) is 18.8 Å². The number of nitrogen functional groups attached to an aromatic ring is 1. The van der Waals surface area contributed by atoms with Gasteiger partial charge in [0.05, 0.1) is 10.4 Å². The fourth-order valence-electron chi connectivity index (χ4n) is 2.23. The van der Waals surface area contributed by atoms with E-state index >= 15 is 0 Å². The highest BCUT2D eigenvalue weighted by Gasteiger charge is 2.22. The number of rotatable bonds is 1. The molecule has 3 heterocycles. The Labute approximate surface area is 115 Å². The normalized spacial score (nSPS) is 15.6. The van der Waals surface area contributed by atoms with Crippen molar-refractivity contribution in [3.05, 3.63) is 35.0 Å². The Kier molecular flexibility index (Phi) is 2.98. The summed E-state index contributed by atoms with van der Waals surface area (Å²) in [5.74, 6) is 0.0300. The van der Waals surface area contributed by atoms with E-state index in [0.717, 1.165) is 23.1 Å². The highest BCUT2D eigenvalue weighted by atomic mass is 32.1. The van der Waals surface area contributed by atoms with Gasteiger partial charge in [0.2, 0.25) is 0 Å². The summed E-state index contributed by atoms with van der Waals surface area (Å²) in [6.07, 6.45) is 6.50. The summed E-state index contributed by atoms with van der Waals surface area (Å²) in [6.45, 7) is 3.55. The van der Waals surface area contributed by atoms with Crippen LogP contribution in [0.1, 0.15) is 23.0 Å². The molecule has 1 aliphatic rings. The van der Waals surface area contributed by atoms with Gasteiger partial charge in [0.1, 0.15) is 4.88 Å². The monoisotopic (exact) mass is 273 g/mol. The van der Waals surface area contributed by atoms with Crippen molar-refractivity contribution in [3.8, 4) is 0 Å². The summed E-state index contributed by atoms with van der Waals surface area (Å²) < 4.78 is 0.965. The SMILES string of the molecule is CC1=CCN(C(=O)c2sc3cnccc3c2N)CC1. The second kappa shape index (κ2) is 4.66. The van der Waals surface area contributed by atoms with Gasteiger partial charge < -0.3 is 10.6 Å². The van der Waals surface area contributed by atoms with E-state index in [9.17, 15) is 4.79 Å². The van der Waals surface area contributed by atoms with E-state index in [1.165, 1.54) is 16.9 Å². The molecule has 2 N–H and O–H groups in total. The molecular weight excluding hydrogens is 258 g/mol. The second-order valence-corrected chi connectivity index (χ2v) is 5.82. The van der Waals surface area contributed by atoms with Crippen LogP contribution in [0.5, 0.6) is 0 Å². The van der Waals surface area contributed by atoms with E-state index in [1.54, 1.807) is 12.4 Å². The van der Waals surface area contributed by atoms with Crippen molar-refractivity contribution in [1.29, 1.82) is 0 Å². The predicted octanol–water partition coefficient (Wildman–Crippen LogP) is 2.67. The van der Waals surface area contributed by atoms with Crippen LogP contribution in [0.3, 0.4) is 0 Å². The average molecular weight is 273 g/mol. The van der Waals surface area contributed by atoms with Crippen molar-refractivity contribution < 1.29 is 4.79 Å². The summed E-state index contributed by atoms with van der Waals surface area (Å²) in [4.78, 5) is 19.1. The van der Waals surface area contributed by atoms with Gasteiger partial charge in [0.25, 0.3) is 5.91 Å². The van der Waals surface area contributed by atoms with E-state index in [1.807, 2.05) is 11.0 Å². The molecule has 1 aliphatic heterocycles. The first-order valence-corrected chi connectivity index (χ1v) is 7.05. The zero-order chi connectivity index (χ0) is 13.4. The number of pyridine rings is 1. The summed E-state index contributed by atoms with van der Waals surface area (Å²) in [7, 11) is 0. The summed E-state index contributed by atoms with van der Waals surface area (Å²) in [5.41, 5.74) is 8.02. The van der Waals surface area contributed by atoms with Gasteiger partial charge in [-0.05, 0) is 19.4 Å². The van der Waals surface area contributed by atoms with Crippen LogP contribution in [-0.2, 0) is 0 Å². The van der Waals surface area contributed by atoms with Crippen LogP contribution >= 0.6 is 11.3 Å². The van der Waals surface area contributed by atoms with Crippen LogP contribution in [0, 0.1) is 0 Å². The maximum atomic E-state index is 12.5. The largest absolute Gasteiger partial charge is 0.397 e. The summed E-state index contributed by atoms with van der Waals surface area (Å²) in [6, 6.07) is 1.86. The maximum absolute atomic E-state index is 12.5. The number of aromatic nitrogens is 1. The van der Waals surface area contributed by atoms with Gasteiger partial charge in [0, 0.05) is 30.9 Å². The van der Waals surface area contributed by atoms with Crippen molar-refractivity contribution in [2.24, 2.45) is 0 Å². The van der Waals surface area contributed by atoms with Crippen LogP contribution in [0.15, 0.2) is 30.1 Å². The molecule has 0 aromatic carbocycles. The Morgan fingerprint density at radius 1 is 1.53 bits per heavy atom. The Balaban J connectivity index is 1.96. The molecule has 0 atom stereocenters. The number of nitrogens with zero attached hydrogens (tertiary/aromatic N) is 2. The zero-order valence-electron chi connectivity index (χ0n) is 10.7. The van der Waals surface area contributed by atoms with Gasteiger partial charge in [-0.3, -0.25) is 9.78 Å². The molecule has 98 valence electrons. The smallest absolute Gasteiger partial charge is 0.266 e. The highest BCUT2D eigenvalue weighted by Crippen LogP contribution is 2.34. The molecule has 5 heteroatoms. The lowest BCUT2D eigenvalue weighted by molar-refractivity contribution is 0.0775. The first-order chi connectivity index (χ1) is 9.16. The third-order valence-corrected chi connectivity index (χ3v) is 4.59. The third-order valence-electron chi connectivity index (χ3n) is 3.45. The van der Waals surface area contributed by atoms with Crippen LogP contribution in [-0.4, -0.2) is 28.9 Å². The van der Waals surface area contributed by atoms with Crippen LogP contribution < -0.4 is 5.73 Å². The van der Waals surface area contributed by atoms with Crippen LogP contribution in [0.4, 0.5) is 5.69 Å². The molecule has 0 fully saturated rings. The number of carbonyl (C=O) groups is 1. The lowest BCUT2D eigenvalue weighted by Crippen LogP contribution is -2.34. The minimum absolute atomic E-state index is 0.0300. The maximum Gasteiger partial charge on any atom is 0.266 e. The molecular formula is C14H15N3OS. The number of thiophene rings is 1. The summed E-state index contributed by atoms with van der Waals surface area (Å²) >= 11 is 1.43. The molecule has 3 rings (SSSR count). The molecule has 0 bridgehead atoms. The molecule has 0 saturated carbocycles. The molecule has 4 nitrogen and oxygen atoms in total. The number of anilines is 1. The summed E-state index contributed by atoms with van der Waals surface area (Å²) in [5, 5.41) is 0.923. The topological polar surface area (TPSA) is 59.2 Å². The van der Waals surface area contributed by atoms with E-state index in [2.05, 4.69) is 18.0 Å². The van der Waals surface area contributed by atoms with Gasteiger partial charge in [-0.25, -0.2) is 0 Å². The number of amides is 1. The number of hydrogen-bond donors (Lipinski definition) is 1. The van der Waals surface area contributed by atoms with E-state index < -0.39 is 0 Å². The fraction of sp³-hybridized carbons (Fsp3) is 0.286. The van der Waals surface area contributed by atoms with Crippen molar-refractivity contribution >= 4 is 33.0 Å². The van der Waals surface area contributed by atoms with E-state index in [4.69, 9.17) is 5.73 Å². The van der Waals surface area contributed by atoms with Gasteiger partial charge in [-0.15, -0.1) is 11.3 Å². The zero-order valence-corrected chi connectivity index (χ0v) is 11.5. The van der Waals surface area contributed by atoms with Crippen molar-refractivity contribution in [3.63, 3.8) is 0 Å². The molecule has 0 saturated heterocycles. The van der Waals surface area contributed by atoms with Gasteiger partial charge >= 0.3 is 0 Å². The Bertz CT molecular complexity index is 674. The number of hydrogen-bond acceptors (Lipinski definition) is 4. The molecule has 0 radical (unpaired) electrons. The van der Waals surface area contributed by atoms with Gasteiger partial charge in [-0.1, -0.05) is 11.6 Å². The standard InChI is InChI=1S/C14H15N3OS/c1-9-3-6-17(7-4-9)14(18)13-12(15)10-2-5-16-8-11(10)19-13/h2-3,5,8H,4,6-7,15H2,1H3. The Hall–Kier alpha value is -1.88. The fourth-order valence-corrected chi connectivity index (χ4v) is 3.29. The molecule has 1 amide bonds. The molecule has 2 aromatic heterocycles. The van der Waals surface area contributed by atoms with Crippen LogP contribution in [0.25, 0.3) is 10.1 Å². The number of carbonyl (C=O) groups excluding carboxylic acids is 1. The van der Waals surface area contributed by atoms with Crippen LogP contribution in [0.2, 0.25) is 0 Å². The van der Waals surface area contributed by atoms with Crippen molar-refractivity contribution in [2.45, 2.75) is 13.3 Å². The van der Waals surface area contributed by atoms with Crippen molar-refractivity contribution in [1.82, 2.24) is 9.88 Å². The first-order valence-electron chi connectivity index (χ1n) is 6.23. The molecule has 0 spiro atoms. The number of nitrogens with two attached hydrogens (primary N) is 1. The Morgan fingerprint density at radius 3 is 3.05 bits per heavy atom. The minimum Gasteiger partial charge on any atom is -0.397 e. The lowest BCUT2D eigenvalue weighted by Gasteiger charge is -2.25. The third kappa shape index (κ3) is 2.10. The first kappa shape index (κ1) is 12.2. The van der Waals surface area contributed by atoms with Gasteiger partial charge in [-0.2, -0.15) is 0 Å². The average Bonchev–Trinajstić information content (AvgIpc) is 2.77. The number of fused-ring (bicyclic) bond motifs is 1. The predicted molar refractivity (Wildman–Crippen MR) is 78.3 cm³/mol. The molecule has 2 aromatic rings. The minimum atomic E-state index is 0.0300. The second-order valence-electron chi connectivity index (χ2n) is 4.77. The molecule has 19 heavy (non-hydrogen) atoms. The lowest BCUT2D eigenvalue weighted by atomic mass is 10.1. The van der Waals surface area contributed by atoms with E-state index in [-0.39, 0.29) is 5.91 Å². The van der Waals surface area contributed by atoms with E-state index in [0.29, 0.717) is 17.1 Å².